The number of rotatable bonds is 6. The smallest absolute Gasteiger partial charge is 0.220 e. The number of amides is 1. The van der Waals surface area contributed by atoms with E-state index in [0.29, 0.717) is 19.5 Å². The van der Waals surface area contributed by atoms with E-state index in [-0.39, 0.29) is 22.6 Å². The van der Waals surface area contributed by atoms with Gasteiger partial charge in [0.25, 0.3) is 0 Å². The van der Waals surface area contributed by atoms with Crippen LogP contribution < -0.4 is 11.1 Å². The SMILES string of the molecule is NCC1(CC(=O)NCC2(c3ccc(F)cc3)CC2)CCCCC1. The predicted octanol–water partition coefficient (Wildman–Crippen LogP) is 3.27. The van der Waals surface area contributed by atoms with E-state index in [9.17, 15) is 9.18 Å². The summed E-state index contributed by atoms with van der Waals surface area (Å²) in [4.78, 5) is 12.4. The Bertz CT molecular complexity index is 545. The summed E-state index contributed by atoms with van der Waals surface area (Å²) in [5.74, 6) is -0.0958. The molecule has 2 saturated carbocycles. The van der Waals surface area contributed by atoms with Crippen molar-refractivity contribution in [2.45, 2.75) is 56.8 Å². The van der Waals surface area contributed by atoms with E-state index in [2.05, 4.69) is 5.32 Å². The molecule has 2 fully saturated rings. The van der Waals surface area contributed by atoms with Gasteiger partial charge in [-0.3, -0.25) is 4.79 Å². The summed E-state index contributed by atoms with van der Waals surface area (Å²) in [6.45, 7) is 1.25. The quantitative estimate of drug-likeness (QED) is 0.846. The van der Waals surface area contributed by atoms with Gasteiger partial charge in [0, 0.05) is 18.4 Å². The molecule has 3 rings (SSSR count). The Kier molecular flexibility index (Phi) is 4.72. The average Bonchev–Trinajstić information content (AvgIpc) is 3.36. The van der Waals surface area contributed by atoms with Crippen LogP contribution in [0.3, 0.4) is 0 Å². The Morgan fingerprint density at radius 1 is 1.09 bits per heavy atom. The molecule has 0 aromatic heterocycles. The van der Waals surface area contributed by atoms with E-state index in [1.165, 1.54) is 31.4 Å². The molecule has 126 valence electrons. The lowest BCUT2D eigenvalue weighted by atomic mass is 9.71. The van der Waals surface area contributed by atoms with Crippen molar-refractivity contribution in [2.24, 2.45) is 11.1 Å². The van der Waals surface area contributed by atoms with Crippen molar-refractivity contribution in [1.29, 1.82) is 0 Å². The number of nitrogens with one attached hydrogen (secondary N) is 1. The first-order valence-corrected chi connectivity index (χ1v) is 8.80. The highest BCUT2D eigenvalue weighted by molar-refractivity contribution is 5.77. The van der Waals surface area contributed by atoms with E-state index in [4.69, 9.17) is 5.73 Å². The number of hydrogen-bond donors (Lipinski definition) is 2. The van der Waals surface area contributed by atoms with Gasteiger partial charge in [-0.2, -0.15) is 0 Å². The second kappa shape index (κ2) is 6.60. The van der Waals surface area contributed by atoms with E-state index >= 15 is 0 Å². The molecular weight excluding hydrogens is 291 g/mol. The van der Waals surface area contributed by atoms with Crippen LogP contribution in [0.5, 0.6) is 0 Å². The zero-order chi connectivity index (χ0) is 16.3. The van der Waals surface area contributed by atoms with Crippen molar-refractivity contribution in [2.75, 3.05) is 13.1 Å². The minimum Gasteiger partial charge on any atom is -0.355 e. The Labute approximate surface area is 137 Å². The minimum absolute atomic E-state index is 0.00885. The molecule has 0 heterocycles. The van der Waals surface area contributed by atoms with Crippen LogP contribution >= 0.6 is 0 Å². The normalized spacial score (nSPS) is 21.7. The second-order valence-electron chi connectivity index (χ2n) is 7.51. The Morgan fingerprint density at radius 3 is 2.30 bits per heavy atom. The number of hydrogen-bond acceptors (Lipinski definition) is 2. The zero-order valence-corrected chi connectivity index (χ0v) is 13.7. The molecule has 0 bridgehead atoms. The van der Waals surface area contributed by atoms with Gasteiger partial charge in [0.05, 0.1) is 0 Å². The molecule has 3 N–H and O–H groups in total. The van der Waals surface area contributed by atoms with Gasteiger partial charge < -0.3 is 11.1 Å². The van der Waals surface area contributed by atoms with Crippen molar-refractivity contribution < 1.29 is 9.18 Å². The van der Waals surface area contributed by atoms with E-state index < -0.39 is 0 Å². The molecule has 0 radical (unpaired) electrons. The standard InChI is InChI=1S/C19H27FN2O/c20-16-6-4-15(5-7-16)19(10-11-19)14-22-17(23)12-18(13-21)8-2-1-3-9-18/h4-7H,1-3,8-14,21H2,(H,22,23). The van der Waals surface area contributed by atoms with Crippen molar-refractivity contribution in [1.82, 2.24) is 5.32 Å². The number of nitrogens with two attached hydrogens (primary N) is 1. The molecule has 2 aliphatic rings. The van der Waals surface area contributed by atoms with Crippen LogP contribution in [0.4, 0.5) is 4.39 Å². The summed E-state index contributed by atoms with van der Waals surface area (Å²) < 4.78 is 13.1. The maximum Gasteiger partial charge on any atom is 0.220 e. The lowest BCUT2D eigenvalue weighted by Gasteiger charge is -2.35. The second-order valence-corrected chi connectivity index (χ2v) is 7.51. The molecule has 2 aliphatic carbocycles. The molecule has 3 nitrogen and oxygen atoms in total. The van der Waals surface area contributed by atoms with E-state index in [1.807, 2.05) is 12.1 Å². The van der Waals surface area contributed by atoms with Gasteiger partial charge in [0.2, 0.25) is 5.91 Å². The van der Waals surface area contributed by atoms with Crippen LogP contribution in [0.25, 0.3) is 0 Å². The maximum absolute atomic E-state index is 13.1. The van der Waals surface area contributed by atoms with Gasteiger partial charge in [-0.05, 0) is 55.3 Å². The third-order valence-electron chi connectivity index (χ3n) is 5.82. The van der Waals surface area contributed by atoms with Crippen LogP contribution in [0.1, 0.15) is 56.9 Å². The van der Waals surface area contributed by atoms with E-state index in [0.717, 1.165) is 31.2 Å². The van der Waals surface area contributed by atoms with Crippen LogP contribution in [0.15, 0.2) is 24.3 Å². The zero-order valence-electron chi connectivity index (χ0n) is 13.7. The Morgan fingerprint density at radius 2 is 1.74 bits per heavy atom. The van der Waals surface area contributed by atoms with Gasteiger partial charge in [-0.25, -0.2) is 4.39 Å². The lowest BCUT2D eigenvalue weighted by Crippen LogP contribution is -2.40. The molecule has 0 unspecified atom stereocenters. The van der Waals surface area contributed by atoms with Gasteiger partial charge in [0.15, 0.2) is 0 Å². The molecule has 4 heteroatoms. The molecule has 23 heavy (non-hydrogen) atoms. The topological polar surface area (TPSA) is 55.1 Å². The predicted molar refractivity (Wildman–Crippen MR) is 89.5 cm³/mol. The summed E-state index contributed by atoms with van der Waals surface area (Å²) in [5.41, 5.74) is 7.13. The van der Waals surface area contributed by atoms with Gasteiger partial charge >= 0.3 is 0 Å². The number of carbonyl (C=O) groups is 1. The maximum atomic E-state index is 13.1. The van der Waals surface area contributed by atoms with Crippen LogP contribution in [0, 0.1) is 11.2 Å². The molecule has 1 aromatic carbocycles. The van der Waals surface area contributed by atoms with Gasteiger partial charge in [-0.1, -0.05) is 31.4 Å². The van der Waals surface area contributed by atoms with Crippen molar-refractivity contribution >= 4 is 5.91 Å². The monoisotopic (exact) mass is 318 g/mol. The molecule has 1 amide bonds. The van der Waals surface area contributed by atoms with Gasteiger partial charge in [-0.15, -0.1) is 0 Å². The minimum atomic E-state index is -0.212. The molecule has 0 aliphatic heterocycles. The Balaban J connectivity index is 1.55. The summed E-state index contributed by atoms with van der Waals surface area (Å²) >= 11 is 0. The van der Waals surface area contributed by atoms with Crippen LogP contribution in [-0.2, 0) is 10.2 Å². The van der Waals surface area contributed by atoms with Crippen LogP contribution in [0.2, 0.25) is 0 Å². The summed E-state index contributed by atoms with van der Waals surface area (Å²) in [5, 5.41) is 3.12. The molecule has 0 atom stereocenters. The molecule has 0 spiro atoms. The lowest BCUT2D eigenvalue weighted by molar-refractivity contribution is -0.124. The number of benzene rings is 1. The molecular formula is C19H27FN2O. The highest BCUT2D eigenvalue weighted by Crippen LogP contribution is 2.47. The highest BCUT2D eigenvalue weighted by atomic mass is 19.1. The fourth-order valence-corrected chi connectivity index (χ4v) is 3.95. The van der Waals surface area contributed by atoms with E-state index in [1.54, 1.807) is 0 Å². The number of halogens is 1. The summed E-state index contributed by atoms with van der Waals surface area (Å²) in [6, 6.07) is 6.69. The van der Waals surface area contributed by atoms with Crippen molar-refractivity contribution in [3.63, 3.8) is 0 Å². The first-order chi connectivity index (χ1) is 11.1. The van der Waals surface area contributed by atoms with Crippen molar-refractivity contribution in [3.05, 3.63) is 35.6 Å². The molecule has 0 saturated heterocycles. The third kappa shape index (κ3) is 3.74. The third-order valence-corrected chi connectivity index (χ3v) is 5.82. The van der Waals surface area contributed by atoms with Crippen LogP contribution in [-0.4, -0.2) is 19.0 Å². The largest absolute Gasteiger partial charge is 0.355 e. The fourth-order valence-electron chi connectivity index (χ4n) is 3.95. The van der Waals surface area contributed by atoms with Gasteiger partial charge in [0.1, 0.15) is 5.82 Å². The highest BCUT2D eigenvalue weighted by Gasteiger charge is 2.44. The summed E-state index contributed by atoms with van der Waals surface area (Å²) in [7, 11) is 0. The fraction of sp³-hybridized carbons (Fsp3) is 0.632. The Hall–Kier alpha value is -1.42. The number of carbonyl (C=O) groups excluding carboxylic acids is 1. The first-order valence-electron chi connectivity index (χ1n) is 8.80. The first kappa shape index (κ1) is 16.4. The van der Waals surface area contributed by atoms with Crippen molar-refractivity contribution in [3.8, 4) is 0 Å². The molecule has 1 aromatic rings. The summed E-state index contributed by atoms with van der Waals surface area (Å²) in [6.07, 6.45) is 8.43. The average molecular weight is 318 g/mol.